The summed E-state index contributed by atoms with van der Waals surface area (Å²) in [5, 5.41) is 13.9. The van der Waals surface area contributed by atoms with Gasteiger partial charge in [0.25, 0.3) is 5.69 Å². The van der Waals surface area contributed by atoms with E-state index in [1.165, 1.54) is 0 Å². The summed E-state index contributed by atoms with van der Waals surface area (Å²) in [5.41, 5.74) is 0.878. The Morgan fingerprint density at radius 2 is 2.10 bits per heavy atom. The van der Waals surface area contributed by atoms with Crippen LogP contribution in [0.1, 0.15) is 5.56 Å². The number of nitro groups is 1. The van der Waals surface area contributed by atoms with Gasteiger partial charge >= 0.3 is 0 Å². The summed E-state index contributed by atoms with van der Waals surface area (Å²) in [6.07, 6.45) is 0. The second-order valence-corrected chi connectivity index (χ2v) is 5.09. The Balaban J connectivity index is 2.20. The third kappa shape index (κ3) is 3.69. The lowest BCUT2D eigenvalue weighted by atomic mass is 10.1. The molecule has 2 rings (SSSR count). The van der Waals surface area contributed by atoms with E-state index in [9.17, 15) is 14.5 Å². The molecular weight excluding hydrogens is 343 g/mol. The number of ether oxygens (including phenoxy) is 1. The van der Waals surface area contributed by atoms with Crippen LogP contribution in [0.25, 0.3) is 0 Å². The first-order chi connectivity index (χ1) is 10.0. The topological polar surface area (TPSA) is 64.4 Å². The Kier molecular flexibility index (Phi) is 4.74. The van der Waals surface area contributed by atoms with Crippen LogP contribution in [0.15, 0.2) is 40.9 Å². The van der Waals surface area contributed by atoms with E-state index in [0.717, 1.165) is 22.7 Å². The average Bonchev–Trinajstić information content (AvgIpc) is 2.46. The van der Waals surface area contributed by atoms with Crippen molar-refractivity contribution < 1.29 is 14.1 Å². The summed E-state index contributed by atoms with van der Waals surface area (Å²) in [4.78, 5) is 10.4. The van der Waals surface area contributed by atoms with Crippen LogP contribution < -0.4 is 10.1 Å². The molecule has 110 valence electrons. The van der Waals surface area contributed by atoms with Gasteiger partial charge in [-0.1, -0.05) is 0 Å². The molecule has 0 atom stereocenters. The third-order valence-corrected chi connectivity index (χ3v) is 3.53. The van der Waals surface area contributed by atoms with Crippen molar-refractivity contribution in [2.45, 2.75) is 6.54 Å². The molecule has 2 aromatic carbocycles. The number of rotatable bonds is 5. The van der Waals surface area contributed by atoms with E-state index in [-0.39, 0.29) is 17.8 Å². The number of nitro benzene ring substituents is 1. The lowest BCUT2D eigenvalue weighted by Crippen LogP contribution is -2.04. The van der Waals surface area contributed by atoms with Crippen molar-refractivity contribution >= 4 is 27.3 Å². The van der Waals surface area contributed by atoms with Crippen LogP contribution in [0, 0.1) is 15.9 Å². The number of benzene rings is 2. The lowest BCUT2D eigenvalue weighted by Gasteiger charge is -2.10. The van der Waals surface area contributed by atoms with Crippen LogP contribution in [0.5, 0.6) is 5.75 Å². The Morgan fingerprint density at radius 3 is 2.76 bits per heavy atom. The monoisotopic (exact) mass is 354 g/mol. The van der Waals surface area contributed by atoms with Gasteiger partial charge in [0.05, 0.1) is 22.1 Å². The smallest absolute Gasteiger partial charge is 0.274 e. The van der Waals surface area contributed by atoms with Gasteiger partial charge in [0.15, 0.2) is 0 Å². The lowest BCUT2D eigenvalue weighted by molar-refractivity contribution is -0.385. The molecule has 0 bridgehead atoms. The average molecular weight is 355 g/mol. The Hall–Kier alpha value is -2.15. The van der Waals surface area contributed by atoms with Crippen molar-refractivity contribution in [2.24, 2.45) is 0 Å². The zero-order valence-electron chi connectivity index (χ0n) is 11.1. The number of hydrogen-bond acceptors (Lipinski definition) is 4. The highest BCUT2D eigenvalue weighted by Crippen LogP contribution is 2.28. The van der Waals surface area contributed by atoms with Crippen molar-refractivity contribution in [1.29, 1.82) is 0 Å². The molecule has 2 aromatic rings. The Morgan fingerprint density at radius 1 is 1.33 bits per heavy atom. The van der Waals surface area contributed by atoms with Crippen molar-refractivity contribution in [1.82, 2.24) is 0 Å². The molecule has 0 heterocycles. The predicted molar refractivity (Wildman–Crippen MR) is 81.1 cm³/mol. The van der Waals surface area contributed by atoms with E-state index >= 15 is 0 Å². The third-order valence-electron chi connectivity index (χ3n) is 2.87. The first-order valence-electron chi connectivity index (χ1n) is 6.01. The number of anilines is 1. The first kappa shape index (κ1) is 15.2. The molecule has 0 unspecified atom stereocenters. The molecule has 21 heavy (non-hydrogen) atoms. The van der Waals surface area contributed by atoms with Gasteiger partial charge in [-0.25, -0.2) is 4.39 Å². The summed E-state index contributed by atoms with van der Waals surface area (Å²) in [6, 6.07) is 8.72. The number of halogens is 2. The molecule has 0 fully saturated rings. The van der Waals surface area contributed by atoms with Gasteiger partial charge in [-0.2, -0.15) is 0 Å². The van der Waals surface area contributed by atoms with Crippen LogP contribution in [0.4, 0.5) is 15.8 Å². The van der Waals surface area contributed by atoms with Gasteiger partial charge in [0.1, 0.15) is 11.6 Å². The van der Waals surface area contributed by atoms with Crippen molar-refractivity contribution in [3.05, 3.63) is 62.4 Å². The van der Waals surface area contributed by atoms with Crippen molar-refractivity contribution in [3.63, 3.8) is 0 Å². The SMILES string of the molecule is COc1cc(NCc2cc(F)ccc2[N+](=O)[O-])ccc1Br. The van der Waals surface area contributed by atoms with E-state index in [1.54, 1.807) is 25.3 Å². The van der Waals surface area contributed by atoms with Gasteiger partial charge in [-0.3, -0.25) is 10.1 Å². The number of hydrogen-bond donors (Lipinski definition) is 1. The highest BCUT2D eigenvalue weighted by Gasteiger charge is 2.14. The van der Waals surface area contributed by atoms with E-state index in [2.05, 4.69) is 21.2 Å². The van der Waals surface area contributed by atoms with E-state index in [1.807, 2.05) is 0 Å². The van der Waals surface area contributed by atoms with Gasteiger partial charge < -0.3 is 10.1 Å². The maximum atomic E-state index is 13.2. The summed E-state index contributed by atoms with van der Waals surface area (Å²) in [5.74, 6) is 0.125. The first-order valence-corrected chi connectivity index (χ1v) is 6.81. The zero-order chi connectivity index (χ0) is 15.4. The minimum atomic E-state index is -0.529. The fraction of sp³-hybridized carbons (Fsp3) is 0.143. The zero-order valence-corrected chi connectivity index (χ0v) is 12.7. The highest BCUT2D eigenvalue weighted by molar-refractivity contribution is 9.10. The van der Waals surface area contributed by atoms with Gasteiger partial charge in [0.2, 0.25) is 0 Å². The molecular formula is C14H12BrFN2O3. The normalized spacial score (nSPS) is 10.2. The fourth-order valence-electron chi connectivity index (χ4n) is 1.84. The Labute approximate surface area is 129 Å². The minimum absolute atomic E-state index is 0.118. The highest BCUT2D eigenvalue weighted by atomic mass is 79.9. The molecule has 5 nitrogen and oxygen atoms in total. The van der Waals surface area contributed by atoms with Gasteiger partial charge in [-0.15, -0.1) is 0 Å². The minimum Gasteiger partial charge on any atom is -0.495 e. The van der Waals surface area contributed by atoms with Gasteiger partial charge in [-0.05, 0) is 40.2 Å². The molecule has 0 saturated heterocycles. The molecule has 0 aliphatic carbocycles. The fourth-order valence-corrected chi connectivity index (χ4v) is 2.25. The maximum Gasteiger partial charge on any atom is 0.274 e. The summed E-state index contributed by atoms with van der Waals surface area (Å²) in [7, 11) is 1.54. The molecule has 0 aliphatic heterocycles. The molecule has 0 radical (unpaired) electrons. The van der Waals surface area contributed by atoms with Crippen molar-refractivity contribution in [2.75, 3.05) is 12.4 Å². The van der Waals surface area contributed by atoms with Crippen LogP contribution in [-0.4, -0.2) is 12.0 Å². The summed E-state index contributed by atoms with van der Waals surface area (Å²) >= 11 is 3.34. The molecule has 0 saturated carbocycles. The van der Waals surface area contributed by atoms with Gasteiger partial charge in [0, 0.05) is 24.4 Å². The van der Waals surface area contributed by atoms with Crippen LogP contribution in [-0.2, 0) is 6.54 Å². The predicted octanol–water partition coefficient (Wildman–Crippen LogP) is 4.12. The Bertz CT molecular complexity index is 679. The number of methoxy groups -OCH3 is 1. The van der Waals surface area contributed by atoms with Crippen LogP contribution in [0.3, 0.4) is 0 Å². The number of nitrogens with zero attached hydrogens (tertiary/aromatic N) is 1. The van der Waals surface area contributed by atoms with Crippen LogP contribution in [0.2, 0.25) is 0 Å². The molecule has 0 amide bonds. The molecule has 1 N–H and O–H groups in total. The largest absolute Gasteiger partial charge is 0.495 e. The summed E-state index contributed by atoms with van der Waals surface area (Å²) in [6.45, 7) is 0.138. The second-order valence-electron chi connectivity index (χ2n) is 4.23. The molecule has 0 aliphatic rings. The molecule has 0 aromatic heterocycles. The molecule has 0 spiro atoms. The number of nitrogens with one attached hydrogen (secondary N) is 1. The quantitative estimate of drug-likeness (QED) is 0.647. The molecule has 7 heteroatoms. The standard InChI is InChI=1S/C14H12BrFN2O3/c1-21-14-7-11(3-4-12(14)15)17-8-9-6-10(16)2-5-13(9)18(19)20/h2-7,17H,8H2,1H3. The van der Waals surface area contributed by atoms with Crippen molar-refractivity contribution in [3.8, 4) is 5.75 Å². The summed E-state index contributed by atoms with van der Waals surface area (Å²) < 4.78 is 19.2. The van der Waals surface area contributed by atoms with Crippen LogP contribution >= 0.6 is 15.9 Å². The van der Waals surface area contributed by atoms with E-state index in [4.69, 9.17) is 4.74 Å². The van der Waals surface area contributed by atoms with E-state index in [0.29, 0.717) is 11.4 Å². The maximum absolute atomic E-state index is 13.2. The second kappa shape index (κ2) is 6.53. The van der Waals surface area contributed by atoms with E-state index < -0.39 is 10.7 Å².